The van der Waals surface area contributed by atoms with Crippen molar-refractivity contribution in [1.29, 1.82) is 0 Å². The quantitative estimate of drug-likeness (QED) is 0.779. The van der Waals surface area contributed by atoms with Gasteiger partial charge >= 0.3 is 0 Å². The van der Waals surface area contributed by atoms with Gasteiger partial charge in [-0.1, -0.05) is 18.2 Å². The van der Waals surface area contributed by atoms with Crippen LogP contribution in [0.5, 0.6) is 0 Å². The first-order valence-electron chi connectivity index (χ1n) is 8.04. The molecule has 0 bridgehead atoms. The zero-order valence-corrected chi connectivity index (χ0v) is 12.9. The highest BCUT2D eigenvalue weighted by atomic mass is 15.1. The number of pyridine rings is 1. The molecule has 0 atom stereocenters. The fourth-order valence-corrected chi connectivity index (χ4v) is 2.95. The van der Waals surface area contributed by atoms with Crippen LogP contribution in [0.15, 0.2) is 48.8 Å². The highest BCUT2D eigenvalue weighted by Crippen LogP contribution is 2.22. The lowest BCUT2D eigenvalue weighted by atomic mass is 10.1. The lowest BCUT2D eigenvalue weighted by Gasteiger charge is -2.23. The van der Waals surface area contributed by atoms with E-state index in [1.54, 1.807) is 6.20 Å². The van der Waals surface area contributed by atoms with Crippen molar-refractivity contribution in [2.24, 2.45) is 0 Å². The number of benzene rings is 1. The summed E-state index contributed by atoms with van der Waals surface area (Å²) in [5.74, 6) is 0.697. The number of para-hydroxylation sites is 1. The summed E-state index contributed by atoms with van der Waals surface area (Å²) in [5.41, 5.74) is 2.91. The van der Waals surface area contributed by atoms with Crippen LogP contribution < -0.4 is 10.6 Å². The van der Waals surface area contributed by atoms with Crippen LogP contribution in [-0.2, 0) is 0 Å². The van der Waals surface area contributed by atoms with Crippen molar-refractivity contribution < 1.29 is 0 Å². The van der Waals surface area contributed by atoms with Crippen molar-refractivity contribution in [3.05, 3.63) is 48.8 Å². The fraction of sp³-hybridized carbons (Fsp3) is 0.278. The molecule has 1 aliphatic heterocycles. The highest BCUT2D eigenvalue weighted by molar-refractivity contribution is 5.82. The van der Waals surface area contributed by atoms with Gasteiger partial charge in [0, 0.05) is 29.4 Å². The maximum absolute atomic E-state index is 4.66. The van der Waals surface area contributed by atoms with Gasteiger partial charge in [0.05, 0.1) is 11.2 Å². The molecule has 0 saturated carbocycles. The number of anilines is 1. The number of hydrogen-bond acceptors (Lipinski definition) is 5. The van der Waals surface area contributed by atoms with E-state index >= 15 is 0 Å². The largest absolute Gasteiger partial charge is 0.351 e. The summed E-state index contributed by atoms with van der Waals surface area (Å²) in [4.78, 5) is 13.5. The number of fused-ring (bicyclic) bond motifs is 1. The maximum atomic E-state index is 4.66. The van der Waals surface area contributed by atoms with E-state index in [1.165, 1.54) is 0 Å². The van der Waals surface area contributed by atoms with Crippen molar-refractivity contribution in [2.75, 3.05) is 18.4 Å². The Balaban J connectivity index is 1.61. The zero-order valence-electron chi connectivity index (χ0n) is 12.9. The number of nitrogens with one attached hydrogen (secondary N) is 2. The summed E-state index contributed by atoms with van der Waals surface area (Å²) >= 11 is 0. The first-order valence-corrected chi connectivity index (χ1v) is 8.04. The molecule has 0 aliphatic carbocycles. The topological polar surface area (TPSA) is 62.7 Å². The van der Waals surface area contributed by atoms with E-state index < -0.39 is 0 Å². The Labute approximate surface area is 135 Å². The fourth-order valence-electron chi connectivity index (χ4n) is 2.95. The van der Waals surface area contributed by atoms with Crippen molar-refractivity contribution in [3.63, 3.8) is 0 Å². The lowest BCUT2D eigenvalue weighted by Crippen LogP contribution is -2.35. The third kappa shape index (κ3) is 3.14. The van der Waals surface area contributed by atoms with Gasteiger partial charge in [-0.2, -0.15) is 0 Å². The molecule has 0 radical (unpaired) electrons. The van der Waals surface area contributed by atoms with Gasteiger partial charge in [0.2, 0.25) is 5.95 Å². The van der Waals surface area contributed by atoms with E-state index in [4.69, 9.17) is 0 Å². The Morgan fingerprint density at radius 3 is 2.83 bits per heavy atom. The molecule has 1 fully saturated rings. The predicted octanol–water partition coefficient (Wildman–Crippen LogP) is 2.86. The van der Waals surface area contributed by atoms with E-state index in [0.29, 0.717) is 12.0 Å². The molecule has 3 aromatic rings. The van der Waals surface area contributed by atoms with Crippen molar-refractivity contribution in [2.45, 2.75) is 18.9 Å². The van der Waals surface area contributed by atoms with Crippen molar-refractivity contribution in [1.82, 2.24) is 20.3 Å². The van der Waals surface area contributed by atoms with Gasteiger partial charge in [-0.25, -0.2) is 9.97 Å². The first kappa shape index (κ1) is 14.1. The molecular weight excluding hydrogens is 286 g/mol. The van der Waals surface area contributed by atoms with Crippen LogP contribution in [0.2, 0.25) is 0 Å². The van der Waals surface area contributed by atoms with Crippen LogP contribution in [0.3, 0.4) is 0 Å². The maximum Gasteiger partial charge on any atom is 0.223 e. The third-order valence-corrected chi connectivity index (χ3v) is 4.21. The Kier molecular flexibility index (Phi) is 3.86. The Bertz CT molecular complexity index is 811. The van der Waals surface area contributed by atoms with E-state index in [9.17, 15) is 0 Å². The molecular formula is C18H19N5. The lowest BCUT2D eigenvalue weighted by molar-refractivity contribution is 0.477. The van der Waals surface area contributed by atoms with E-state index in [2.05, 4.69) is 37.7 Å². The van der Waals surface area contributed by atoms with E-state index in [0.717, 1.165) is 48.1 Å². The number of rotatable bonds is 3. The molecule has 4 rings (SSSR count). The number of piperidine rings is 1. The first-order chi connectivity index (χ1) is 11.4. The van der Waals surface area contributed by atoms with Gasteiger partial charge in [-0.05, 0) is 44.1 Å². The molecule has 0 unspecified atom stereocenters. The van der Waals surface area contributed by atoms with E-state index in [1.807, 2.05) is 30.5 Å². The minimum Gasteiger partial charge on any atom is -0.351 e. The molecule has 23 heavy (non-hydrogen) atoms. The molecule has 5 heteroatoms. The normalized spacial score (nSPS) is 15.7. The average molecular weight is 305 g/mol. The number of hydrogen-bond donors (Lipinski definition) is 2. The van der Waals surface area contributed by atoms with Gasteiger partial charge in [0.25, 0.3) is 0 Å². The van der Waals surface area contributed by atoms with Gasteiger partial charge < -0.3 is 10.6 Å². The Hall–Kier alpha value is -2.53. The van der Waals surface area contributed by atoms with Gasteiger partial charge in [0.1, 0.15) is 0 Å². The molecule has 2 aromatic heterocycles. The monoisotopic (exact) mass is 305 g/mol. The second-order valence-electron chi connectivity index (χ2n) is 5.85. The molecule has 0 amide bonds. The summed E-state index contributed by atoms with van der Waals surface area (Å²) < 4.78 is 0. The summed E-state index contributed by atoms with van der Waals surface area (Å²) in [7, 11) is 0. The number of nitrogens with zero attached hydrogens (tertiary/aromatic N) is 3. The van der Waals surface area contributed by atoms with Crippen LogP contribution >= 0.6 is 0 Å². The van der Waals surface area contributed by atoms with Crippen molar-refractivity contribution >= 4 is 16.9 Å². The highest BCUT2D eigenvalue weighted by Gasteiger charge is 2.14. The second kappa shape index (κ2) is 6.30. The molecule has 1 saturated heterocycles. The molecule has 1 aromatic carbocycles. The van der Waals surface area contributed by atoms with Gasteiger partial charge in [-0.15, -0.1) is 0 Å². The summed E-state index contributed by atoms with van der Waals surface area (Å²) in [6.07, 6.45) is 5.89. The molecule has 5 nitrogen and oxygen atoms in total. The van der Waals surface area contributed by atoms with Crippen LogP contribution in [0.4, 0.5) is 5.95 Å². The molecule has 2 N–H and O–H groups in total. The van der Waals surface area contributed by atoms with Crippen molar-refractivity contribution in [3.8, 4) is 11.3 Å². The smallest absolute Gasteiger partial charge is 0.223 e. The SMILES string of the molecule is c1ccc2ncc(-c3ccnc(NC4CCNCC4)n3)cc2c1. The van der Waals surface area contributed by atoms with Gasteiger partial charge in [-0.3, -0.25) is 4.98 Å². The predicted molar refractivity (Wildman–Crippen MR) is 92.3 cm³/mol. The molecule has 3 heterocycles. The Morgan fingerprint density at radius 1 is 1.04 bits per heavy atom. The summed E-state index contributed by atoms with van der Waals surface area (Å²) in [5, 5.41) is 7.93. The standard InChI is InChI=1S/C18H19N5/c1-2-4-16-13(3-1)11-14(12-21-16)17-7-10-20-18(23-17)22-15-5-8-19-9-6-15/h1-4,7,10-12,15,19H,5-6,8-9H2,(H,20,22,23). The second-order valence-corrected chi connectivity index (χ2v) is 5.85. The minimum atomic E-state index is 0.446. The Morgan fingerprint density at radius 2 is 1.91 bits per heavy atom. The van der Waals surface area contributed by atoms with Crippen LogP contribution in [-0.4, -0.2) is 34.1 Å². The van der Waals surface area contributed by atoms with Crippen LogP contribution in [0.1, 0.15) is 12.8 Å². The summed E-state index contributed by atoms with van der Waals surface area (Å²) in [6, 6.07) is 12.6. The molecule has 1 aliphatic rings. The van der Waals surface area contributed by atoms with Crippen LogP contribution in [0, 0.1) is 0 Å². The van der Waals surface area contributed by atoms with Gasteiger partial charge in [0.15, 0.2) is 0 Å². The minimum absolute atomic E-state index is 0.446. The molecule has 116 valence electrons. The number of aromatic nitrogens is 3. The summed E-state index contributed by atoms with van der Waals surface area (Å²) in [6.45, 7) is 2.10. The third-order valence-electron chi connectivity index (χ3n) is 4.21. The van der Waals surface area contributed by atoms with Crippen LogP contribution in [0.25, 0.3) is 22.2 Å². The zero-order chi connectivity index (χ0) is 15.5. The van der Waals surface area contributed by atoms with E-state index in [-0.39, 0.29) is 0 Å². The molecule has 0 spiro atoms. The average Bonchev–Trinajstić information content (AvgIpc) is 2.62.